The zero-order valence-corrected chi connectivity index (χ0v) is 13.7. The first-order valence-electron chi connectivity index (χ1n) is 7.72. The van der Waals surface area contributed by atoms with Crippen molar-refractivity contribution < 1.29 is 0 Å². The van der Waals surface area contributed by atoms with Crippen LogP contribution in [0.2, 0.25) is 0 Å². The minimum atomic E-state index is 0.517. The summed E-state index contributed by atoms with van der Waals surface area (Å²) in [6.07, 6.45) is 4.10. The third kappa shape index (κ3) is 4.32. The maximum absolute atomic E-state index is 3.68. The first kappa shape index (κ1) is 15.1. The Balaban J connectivity index is 1.99. The summed E-state index contributed by atoms with van der Waals surface area (Å²) < 4.78 is 0. The van der Waals surface area contributed by atoms with E-state index in [1.165, 1.54) is 25.8 Å². The lowest BCUT2D eigenvalue weighted by atomic mass is 9.66. The number of hydrogen-bond donors (Lipinski definition) is 1. The molecule has 1 aliphatic carbocycles. The second-order valence-corrected chi connectivity index (χ2v) is 8.32. The largest absolute Gasteiger partial charge is 0.316 e. The van der Waals surface area contributed by atoms with Crippen molar-refractivity contribution in [3.05, 3.63) is 22.4 Å². The SMILES string of the molecule is CC(C)CNCC1CCC(C)(C)CC1c1cccs1. The van der Waals surface area contributed by atoms with Crippen molar-refractivity contribution >= 4 is 11.3 Å². The molecular formula is C17H29NS. The van der Waals surface area contributed by atoms with Crippen LogP contribution in [0.15, 0.2) is 17.5 Å². The maximum Gasteiger partial charge on any atom is 0.00796 e. The second-order valence-electron chi connectivity index (χ2n) is 7.34. The highest BCUT2D eigenvalue weighted by molar-refractivity contribution is 7.10. The Morgan fingerprint density at radius 3 is 2.84 bits per heavy atom. The molecule has 2 unspecified atom stereocenters. The molecular weight excluding hydrogens is 250 g/mol. The quantitative estimate of drug-likeness (QED) is 0.808. The molecule has 108 valence electrons. The van der Waals surface area contributed by atoms with E-state index in [2.05, 4.69) is 50.5 Å². The van der Waals surface area contributed by atoms with Gasteiger partial charge in [-0.1, -0.05) is 33.8 Å². The third-order valence-electron chi connectivity index (χ3n) is 4.40. The van der Waals surface area contributed by atoms with Crippen LogP contribution < -0.4 is 5.32 Å². The van der Waals surface area contributed by atoms with Gasteiger partial charge in [0.2, 0.25) is 0 Å². The first-order valence-corrected chi connectivity index (χ1v) is 8.60. The predicted molar refractivity (Wildman–Crippen MR) is 85.9 cm³/mol. The average Bonchev–Trinajstić information content (AvgIpc) is 2.83. The van der Waals surface area contributed by atoms with Crippen LogP contribution in [0.3, 0.4) is 0 Å². The van der Waals surface area contributed by atoms with E-state index < -0.39 is 0 Å². The molecule has 1 saturated carbocycles. The minimum Gasteiger partial charge on any atom is -0.316 e. The molecule has 0 bridgehead atoms. The van der Waals surface area contributed by atoms with Gasteiger partial charge in [0, 0.05) is 4.88 Å². The van der Waals surface area contributed by atoms with Crippen LogP contribution in [0.1, 0.15) is 57.8 Å². The smallest absolute Gasteiger partial charge is 0.00796 e. The molecule has 2 rings (SSSR count). The van der Waals surface area contributed by atoms with Gasteiger partial charge in [0.25, 0.3) is 0 Å². The zero-order chi connectivity index (χ0) is 13.9. The second kappa shape index (κ2) is 6.41. The lowest BCUT2D eigenvalue weighted by Gasteiger charge is -2.40. The summed E-state index contributed by atoms with van der Waals surface area (Å²) in [5, 5.41) is 5.91. The fourth-order valence-corrected chi connectivity index (χ4v) is 4.20. The van der Waals surface area contributed by atoms with Crippen molar-refractivity contribution in [1.29, 1.82) is 0 Å². The molecule has 1 aliphatic rings. The van der Waals surface area contributed by atoms with E-state index in [0.717, 1.165) is 24.3 Å². The van der Waals surface area contributed by atoms with Crippen LogP contribution in [-0.4, -0.2) is 13.1 Å². The molecule has 1 aromatic rings. The summed E-state index contributed by atoms with van der Waals surface area (Å²) in [4.78, 5) is 1.60. The summed E-state index contributed by atoms with van der Waals surface area (Å²) in [5.41, 5.74) is 0.517. The van der Waals surface area contributed by atoms with Crippen LogP contribution in [0.4, 0.5) is 0 Å². The van der Waals surface area contributed by atoms with Gasteiger partial charge in [-0.3, -0.25) is 0 Å². The molecule has 0 spiro atoms. The third-order valence-corrected chi connectivity index (χ3v) is 5.41. The first-order chi connectivity index (χ1) is 8.98. The Morgan fingerprint density at radius 2 is 2.21 bits per heavy atom. The van der Waals surface area contributed by atoms with Crippen molar-refractivity contribution in [3.63, 3.8) is 0 Å². The number of rotatable bonds is 5. The van der Waals surface area contributed by atoms with Gasteiger partial charge < -0.3 is 5.32 Å². The molecule has 0 aliphatic heterocycles. The Kier molecular flexibility index (Phi) is 5.08. The van der Waals surface area contributed by atoms with Crippen molar-refractivity contribution in [2.24, 2.45) is 17.3 Å². The Morgan fingerprint density at radius 1 is 1.42 bits per heavy atom. The van der Waals surface area contributed by atoms with Crippen LogP contribution in [0, 0.1) is 17.3 Å². The summed E-state index contributed by atoms with van der Waals surface area (Å²) in [7, 11) is 0. The Bertz CT molecular complexity index is 367. The molecule has 1 nitrogen and oxygen atoms in total. The minimum absolute atomic E-state index is 0.517. The topological polar surface area (TPSA) is 12.0 Å². The molecule has 19 heavy (non-hydrogen) atoms. The average molecular weight is 279 g/mol. The predicted octanol–water partition coefficient (Wildman–Crippen LogP) is 4.90. The number of nitrogens with one attached hydrogen (secondary N) is 1. The molecule has 1 aromatic heterocycles. The van der Waals surface area contributed by atoms with Crippen LogP contribution in [0.25, 0.3) is 0 Å². The highest BCUT2D eigenvalue weighted by Crippen LogP contribution is 2.47. The van der Waals surface area contributed by atoms with Gasteiger partial charge in [-0.2, -0.15) is 0 Å². The van der Waals surface area contributed by atoms with E-state index in [-0.39, 0.29) is 0 Å². The van der Waals surface area contributed by atoms with E-state index in [0.29, 0.717) is 5.41 Å². The molecule has 1 heterocycles. The lowest BCUT2D eigenvalue weighted by Crippen LogP contribution is -2.35. The number of hydrogen-bond acceptors (Lipinski definition) is 2. The van der Waals surface area contributed by atoms with Gasteiger partial charge in [-0.25, -0.2) is 0 Å². The van der Waals surface area contributed by atoms with Gasteiger partial charge in [-0.05, 0) is 67.0 Å². The molecule has 2 atom stereocenters. The monoisotopic (exact) mass is 279 g/mol. The zero-order valence-electron chi connectivity index (χ0n) is 12.9. The van der Waals surface area contributed by atoms with Gasteiger partial charge in [-0.15, -0.1) is 11.3 Å². The summed E-state index contributed by atoms with van der Waals surface area (Å²) in [6.45, 7) is 11.8. The normalized spacial score (nSPS) is 26.8. The molecule has 0 amide bonds. The van der Waals surface area contributed by atoms with Crippen LogP contribution in [-0.2, 0) is 0 Å². The fourth-order valence-electron chi connectivity index (χ4n) is 3.28. The fraction of sp³-hybridized carbons (Fsp3) is 0.765. The highest BCUT2D eigenvalue weighted by atomic mass is 32.1. The van der Waals surface area contributed by atoms with E-state index in [9.17, 15) is 0 Å². The molecule has 0 radical (unpaired) electrons. The molecule has 0 saturated heterocycles. The molecule has 1 fully saturated rings. The summed E-state index contributed by atoms with van der Waals surface area (Å²) in [6, 6.07) is 4.55. The lowest BCUT2D eigenvalue weighted by molar-refractivity contribution is 0.161. The van der Waals surface area contributed by atoms with Crippen molar-refractivity contribution in [1.82, 2.24) is 5.32 Å². The van der Waals surface area contributed by atoms with Crippen molar-refractivity contribution in [2.75, 3.05) is 13.1 Å². The van der Waals surface area contributed by atoms with Gasteiger partial charge in [0.05, 0.1) is 0 Å². The van der Waals surface area contributed by atoms with Crippen molar-refractivity contribution in [2.45, 2.75) is 52.9 Å². The van der Waals surface area contributed by atoms with E-state index in [1.54, 1.807) is 4.88 Å². The summed E-state index contributed by atoms with van der Waals surface area (Å²) >= 11 is 1.95. The molecule has 1 N–H and O–H groups in total. The van der Waals surface area contributed by atoms with Gasteiger partial charge in [0.1, 0.15) is 0 Å². The van der Waals surface area contributed by atoms with Gasteiger partial charge in [0.15, 0.2) is 0 Å². The van der Waals surface area contributed by atoms with E-state index >= 15 is 0 Å². The van der Waals surface area contributed by atoms with E-state index in [1.807, 2.05) is 11.3 Å². The maximum atomic E-state index is 3.68. The molecule has 0 aromatic carbocycles. The van der Waals surface area contributed by atoms with Crippen molar-refractivity contribution in [3.8, 4) is 0 Å². The highest BCUT2D eigenvalue weighted by Gasteiger charge is 2.35. The number of thiophene rings is 1. The Labute approximate surface area is 122 Å². The Hall–Kier alpha value is -0.340. The molecule has 2 heteroatoms. The van der Waals surface area contributed by atoms with Crippen LogP contribution in [0.5, 0.6) is 0 Å². The van der Waals surface area contributed by atoms with Crippen LogP contribution >= 0.6 is 11.3 Å². The van der Waals surface area contributed by atoms with E-state index in [4.69, 9.17) is 0 Å². The van der Waals surface area contributed by atoms with Gasteiger partial charge >= 0.3 is 0 Å². The standard InChI is InChI=1S/C17H29NS/c1-13(2)11-18-12-14-7-8-17(3,4)10-15(14)16-6-5-9-19-16/h5-6,9,13-15,18H,7-8,10-12H2,1-4H3. The summed E-state index contributed by atoms with van der Waals surface area (Å²) in [5.74, 6) is 2.34.